The molecule has 0 aliphatic rings. The van der Waals surface area contributed by atoms with Crippen LogP contribution in [0.5, 0.6) is 0 Å². The molecule has 2 rings (SSSR count). The number of hydrogen-bond donors (Lipinski definition) is 3. The number of amidine groups is 1. The number of nitrogens with two attached hydrogens (primary N) is 1. The van der Waals surface area contributed by atoms with Gasteiger partial charge in [-0.3, -0.25) is 4.68 Å². The maximum atomic E-state index is 8.58. The highest BCUT2D eigenvalue weighted by Gasteiger charge is 2.03. The normalized spacial score (nSPS) is 11.6. The molecule has 100 valence electrons. The third-order valence-corrected chi connectivity index (χ3v) is 2.85. The van der Waals surface area contributed by atoms with Crippen LogP contribution in [0, 0.1) is 6.92 Å². The summed E-state index contributed by atoms with van der Waals surface area (Å²) in [6.07, 6.45) is 1.94. The molecule has 0 saturated carbocycles. The van der Waals surface area contributed by atoms with Gasteiger partial charge in [-0.15, -0.1) is 0 Å². The van der Waals surface area contributed by atoms with Crippen molar-refractivity contribution in [1.29, 1.82) is 0 Å². The summed E-state index contributed by atoms with van der Waals surface area (Å²) in [5, 5.41) is 19.1. The first-order chi connectivity index (χ1) is 9.10. The summed E-state index contributed by atoms with van der Waals surface area (Å²) < 4.78 is 1.78. The number of nitrogens with zero attached hydrogens (tertiary/aromatic N) is 3. The van der Waals surface area contributed by atoms with Crippen molar-refractivity contribution in [2.45, 2.75) is 13.5 Å². The third kappa shape index (κ3) is 3.04. The molecule has 6 nitrogen and oxygen atoms in total. The maximum absolute atomic E-state index is 8.58. The van der Waals surface area contributed by atoms with Crippen molar-refractivity contribution in [1.82, 2.24) is 9.78 Å². The van der Waals surface area contributed by atoms with Crippen LogP contribution in [-0.4, -0.2) is 20.8 Å². The molecule has 0 unspecified atom stereocenters. The molecule has 0 atom stereocenters. The average molecular weight is 259 g/mol. The van der Waals surface area contributed by atoms with Crippen LogP contribution in [0.2, 0.25) is 0 Å². The number of benzene rings is 1. The second-order valence-electron chi connectivity index (χ2n) is 4.34. The Morgan fingerprint density at radius 2 is 2.11 bits per heavy atom. The molecule has 0 fully saturated rings. The van der Waals surface area contributed by atoms with Gasteiger partial charge >= 0.3 is 0 Å². The van der Waals surface area contributed by atoms with E-state index in [1.807, 2.05) is 44.4 Å². The Balaban J connectivity index is 2.02. The van der Waals surface area contributed by atoms with Crippen molar-refractivity contribution >= 4 is 11.5 Å². The molecular formula is C13H17N5O. The molecule has 4 N–H and O–H groups in total. The fourth-order valence-corrected chi connectivity index (χ4v) is 1.82. The molecule has 0 radical (unpaired) electrons. The minimum Gasteiger partial charge on any atom is -0.409 e. The van der Waals surface area contributed by atoms with E-state index in [0.29, 0.717) is 12.1 Å². The Morgan fingerprint density at radius 1 is 1.42 bits per heavy atom. The van der Waals surface area contributed by atoms with Gasteiger partial charge in [-0.1, -0.05) is 29.4 Å². The number of anilines is 1. The first-order valence-corrected chi connectivity index (χ1v) is 5.91. The van der Waals surface area contributed by atoms with E-state index in [-0.39, 0.29) is 5.84 Å². The minimum absolute atomic E-state index is 0.114. The largest absolute Gasteiger partial charge is 0.409 e. The van der Waals surface area contributed by atoms with Crippen molar-refractivity contribution in [2.75, 3.05) is 5.32 Å². The number of oxime groups is 1. The smallest absolute Gasteiger partial charge is 0.170 e. The topological polar surface area (TPSA) is 88.5 Å². The minimum atomic E-state index is 0.114. The molecule has 1 aromatic heterocycles. The van der Waals surface area contributed by atoms with Crippen LogP contribution in [0.25, 0.3) is 0 Å². The Kier molecular flexibility index (Phi) is 3.70. The molecule has 1 aromatic carbocycles. The highest BCUT2D eigenvalue weighted by molar-refractivity contribution is 5.96. The first kappa shape index (κ1) is 12.9. The second kappa shape index (κ2) is 5.43. The zero-order valence-electron chi connectivity index (χ0n) is 11.0. The molecular weight excluding hydrogens is 242 g/mol. The van der Waals surface area contributed by atoms with Crippen LogP contribution >= 0.6 is 0 Å². The summed E-state index contributed by atoms with van der Waals surface area (Å²) in [4.78, 5) is 0. The molecule has 1 heterocycles. The number of rotatable bonds is 4. The molecule has 0 aliphatic heterocycles. The van der Waals surface area contributed by atoms with Crippen LogP contribution in [0.3, 0.4) is 0 Å². The molecule has 0 bridgehead atoms. The van der Waals surface area contributed by atoms with E-state index >= 15 is 0 Å². The Hall–Kier alpha value is -2.50. The van der Waals surface area contributed by atoms with E-state index < -0.39 is 0 Å². The van der Waals surface area contributed by atoms with E-state index in [0.717, 1.165) is 16.9 Å². The predicted octanol–water partition coefficient (Wildman–Crippen LogP) is 1.44. The number of nitrogens with one attached hydrogen (secondary N) is 1. The van der Waals surface area contributed by atoms with Crippen LogP contribution in [-0.2, 0) is 13.6 Å². The predicted molar refractivity (Wildman–Crippen MR) is 74.2 cm³/mol. The van der Waals surface area contributed by atoms with Crippen molar-refractivity contribution in [3.63, 3.8) is 0 Å². The first-order valence-electron chi connectivity index (χ1n) is 5.91. The van der Waals surface area contributed by atoms with Gasteiger partial charge in [0, 0.05) is 25.4 Å². The van der Waals surface area contributed by atoms with E-state index in [2.05, 4.69) is 15.6 Å². The van der Waals surface area contributed by atoms with E-state index in [9.17, 15) is 0 Å². The van der Waals surface area contributed by atoms with Crippen molar-refractivity contribution in [3.05, 3.63) is 47.3 Å². The van der Waals surface area contributed by atoms with Gasteiger partial charge in [-0.2, -0.15) is 5.10 Å². The Labute approximate surface area is 111 Å². The monoisotopic (exact) mass is 259 g/mol. The number of hydrogen-bond acceptors (Lipinski definition) is 4. The Morgan fingerprint density at radius 3 is 2.63 bits per heavy atom. The average Bonchev–Trinajstić information content (AvgIpc) is 2.74. The summed E-state index contributed by atoms with van der Waals surface area (Å²) in [5.41, 5.74) is 9.30. The van der Waals surface area contributed by atoms with Gasteiger partial charge in [-0.25, -0.2) is 0 Å². The van der Waals surface area contributed by atoms with E-state index in [1.54, 1.807) is 4.68 Å². The lowest BCUT2D eigenvalue weighted by atomic mass is 10.1. The SMILES string of the molecule is Cc1nn(C)cc1NCc1ccc(/C(N)=N/O)cc1. The highest BCUT2D eigenvalue weighted by atomic mass is 16.4. The van der Waals surface area contributed by atoms with Gasteiger partial charge in [0.25, 0.3) is 0 Å². The molecule has 0 spiro atoms. The zero-order chi connectivity index (χ0) is 13.8. The molecule has 0 saturated heterocycles. The number of aromatic nitrogens is 2. The van der Waals surface area contributed by atoms with Gasteiger partial charge < -0.3 is 16.3 Å². The summed E-state index contributed by atoms with van der Waals surface area (Å²) >= 11 is 0. The zero-order valence-corrected chi connectivity index (χ0v) is 11.0. The summed E-state index contributed by atoms with van der Waals surface area (Å²) in [6.45, 7) is 2.66. The highest BCUT2D eigenvalue weighted by Crippen LogP contribution is 2.13. The number of aryl methyl sites for hydroxylation is 2. The molecule has 0 amide bonds. The molecule has 19 heavy (non-hydrogen) atoms. The van der Waals surface area contributed by atoms with Crippen LogP contribution in [0.1, 0.15) is 16.8 Å². The Bertz CT molecular complexity index is 586. The standard InChI is InChI=1S/C13H17N5O/c1-9-12(8-18(2)16-9)15-7-10-3-5-11(6-4-10)13(14)17-19/h3-6,8,15,19H,7H2,1-2H3,(H2,14,17). The molecule has 0 aliphatic carbocycles. The maximum Gasteiger partial charge on any atom is 0.170 e. The van der Waals surface area contributed by atoms with Gasteiger partial charge in [0.05, 0.1) is 11.4 Å². The van der Waals surface area contributed by atoms with Crippen molar-refractivity contribution in [2.24, 2.45) is 17.9 Å². The van der Waals surface area contributed by atoms with Crippen LogP contribution in [0.4, 0.5) is 5.69 Å². The second-order valence-corrected chi connectivity index (χ2v) is 4.34. The van der Waals surface area contributed by atoms with Gasteiger partial charge in [0.15, 0.2) is 5.84 Å². The lowest BCUT2D eigenvalue weighted by molar-refractivity contribution is 0.318. The summed E-state index contributed by atoms with van der Waals surface area (Å²) in [7, 11) is 1.89. The molecule has 6 heteroatoms. The summed E-state index contributed by atoms with van der Waals surface area (Å²) in [5.74, 6) is 0.114. The van der Waals surface area contributed by atoms with E-state index in [4.69, 9.17) is 10.9 Å². The van der Waals surface area contributed by atoms with Gasteiger partial charge in [0.2, 0.25) is 0 Å². The molecule has 2 aromatic rings. The third-order valence-electron chi connectivity index (χ3n) is 2.85. The van der Waals surface area contributed by atoms with Crippen LogP contribution < -0.4 is 11.1 Å². The fraction of sp³-hybridized carbons (Fsp3) is 0.231. The lowest BCUT2D eigenvalue weighted by Gasteiger charge is -2.06. The van der Waals surface area contributed by atoms with Crippen molar-refractivity contribution in [3.8, 4) is 0 Å². The van der Waals surface area contributed by atoms with Gasteiger partial charge in [0.1, 0.15) is 0 Å². The van der Waals surface area contributed by atoms with Gasteiger partial charge in [-0.05, 0) is 12.5 Å². The lowest BCUT2D eigenvalue weighted by Crippen LogP contribution is -2.13. The van der Waals surface area contributed by atoms with E-state index in [1.165, 1.54) is 0 Å². The van der Waals surface area contributed by atoms with Crippen LogP contribution in [0.15, 0.2) is 35.6 Å². The summed E-state index contributed by atoms with van der Waals surface area (Å²) in [6, 6.07) is 7.52. The fourth-order valence-electron chi connectivity index (χ4n) is 1.82. The van der Waals surface area contributed by atoms with Crippen molar-refractivity contribution < 1.29 is 5.21 Å². The quantitative estimate of drug-likeness (QED) is 0.335.